The van der Waals surface area contributed by atoms with Crippen LogP contribution in [-0.2, 0) is 5.75 Å². The number of nitrogens with zero attached hydrogens (tertiary/aromatic N) is 5. The Morgan fingerprint density at radius 1 is 1.00 bits per heavy atom. The van der Waals surface area contributed by atoms with Gasteiger partial charge in [-0.15, -0.1) is 10.2 Å². The molecule has 0 unspecified atom stereocenters. The normalized spacial score (nSPS) is 11.0. The van der Waals surface area contributed by atoms with Crippen LogP contribution < -0.4 is 4.74 Å². The molecule has 0 amide bonds. The van der Waals surface area contributed by atoms with Gasteiger partial charge in [-0.3, -0.25) is 4.57 Å². The van der Waals surface area contributed by atoms with Gasteiger partial charge in [-0.1, -0.05) is 47.3 Å². The van der Waals surface area contributed by atoms with E-state index in [1.165, 1.54) is 11.8 Å². The molecule has 0 saturated carbocycles. The van der Waals surface area contributed by atoms with E-state index in [2.05, 4.69) is 20.3 Å². The lowest BCUT2D eigenvalue weighted by atomic mass is 10.2. The molecular weight excluding hydrogens is 414 g/mol. The van der Waals surface area contributed by atoms with Gasteiger partial charge in [-0.05, 0) is 36.4 Å². The monoisotopic (exact) mass is 431 g/mol. The van der Waals surface area contributed by atoms with Crippen LogP contribution in [0.1, 0.15) is 5.89 Å². The van der Waals surface area contributed by atoms with Crippen LogP contribution in [0.3, 0.4) is 0 Å². The minimum Gasteiger partial charge on any atom is -0.497 e. The summed E-state index contributed by atoms with van der Waals surface area (Å²) >= 11 is 1.46. The van der Waals surface area contributed by atoms with E-state index >= 15 is 0 Å². The summed E-state index contributed by atoms with van der Waals surface area (Å²) in [5, 5.41) is 13.5. The van der Waals surface area contributed by atoms with Crippen molar-refractivity contribution >= 4 is 11.8 Å². The number of aromatic nitrogens is 5. The van der Waals surface area contributed by atoms with Gasteiger partial charge in [0.25, 0.3) is 0 Å². The standard InChI is InChI=1S/C22H17N5O3S/c1-28-17-10-5-7-15(13-17)20-23-19(30-26-20)14-31-22-25-24-21(18-11-6-12-29-18)27(22)16-8-3-2-4-9-16/h2-13H,14H2,1H3. The predicted octanol–water partition coefficient (Wildman–Crippen LogP) is 4.88. The third-order valence-electron chi connectivity index (χ3n) is 4.51. The lowest BCUT2D eigenvalue weighted by molar-refractivity contribution is 0.391. The van der Waals surface area contributed by atoms with Gasteiger partial charge in [-0.25, -0.2) is 0 Å². The van der Waals surface area contributed by atoms with Crippen LogP contribution >= 0.6 is 11.8 Å². The molecule has 0 spiro atoms. The molecule has 3 aromatic heterocycles. The minimum absolute atomic E-state index is 0.445. The van der Waals surface area contributed by atoms with Crippen molar-refractivity contribution in [1.82, 2.24) is 24.9 Å². The van der Waals surface area contributed by atoms with E-state index in [4.69, 9.17) is 13.7 Å². The molecule has 3 heterocycles. The summed E-state index contributed by atoms with van der Waals surface area (Å²) in [6.07, 6.45) is 1.62. The minimum atomic E-state index is 0.445. The molecule has 8 nitrogen and oxygen atoms in total. The Bertz CT molecular complexity index is 1280. The molecule has 0 radical (unpaired) electrons. The van der Waals surface area contributed by atoms with Crippen molar-refractivity contribution in [2.24, 2.45) is 0 Å². The zero-order chi connectivity index (χ0) is 21.0. The zero-order valence-corrected chi connectivity index (χ0v) is 17.3. The second-order valence-electron chi connectivity index (χ2n) is 6.49. The van der Waals surface area contributed by atoms with Crippen LogP contribution in [0, 0.1) is 0 Å². The van der Waals surface area contributed by atoms with Crippen molar-refractivity contribution in [2.45, 2.75) is 10.9 Å². The van der Waals surface area contributed by atoms with Gasteiger partial charge < -0.3 is 13.7 Å². The average Bonchev–Trinajstić information content (AvgIpc) is 3.59. The van der Waals surface area contributed by atoms with E-state index in [9.17, 15) is 0 Å². The van der Waals surface area contributed by atoms with E-state index in [0.29, 0.717) is 34.2 Å². The number of benzene rings is 2. The van der Waals surface area contributed by atoms with Crippen molar-refractivity contribution in [1.29, 1.82) is 0 Å². The lowest BCUT2D eigenvalue weighted by Crippen LogP contribution is -1.99. The SMILES string of the molecule is COc1cccc(-c2noc(CSc3nnc(-c4ccco4)n3-c3ccccc3)n2)c1. The van der Waals surface area contributed by atoms with Gasteiger partial charge >= 0.3 is 0 Å². The molecule has 0 fully saturated rings. The summed E-state index contributed by atoms with van der Waals surface area (Å²) in [4.78, 5) is 4.50. The Labute approximate surface area is 181 Å². The lowest BCUT2D eigenvalue weighted by Gasteiger charge is -2.08. The maximum absolute atomic E-state index is 5.55. The first kappa shape index (κ1) is 19.1. The van der Waals surface area contributed by atoms with Gasteiger partial charge in [0.05, 0.1) is 19.1 Å². The van der Waals surface area contributed by atoms with E-state index in [1.807, 2.05) is 71.3 Å². The number of hydrogen-bond acceptors (Lipinski definition) is 8. The average molecular weight is 431 g/mol. The van der Waals surface area contributed by atoms with Crippen LogP contribution in [0.4, 0.5) is 0 Å². The predicted molar refractivity (Wildman–Crippen MR) is 115 cm³/mol. The highest BCUT2D eigenvalue weighted by atomic mass is 32.2. The summed E-state index contributed by atoms with van der Waals surface area (Å²) in [6, 6.07) is 21.1. The zero-order valence-electron chi connectivity index (χ0n) is 16.5. The van der Waals surface area contributed by atoms with E-state index in [-0.39, 0.29) is 0 Å². The van der Waals surface area contributed by atoms with Crippen molar-refractivity contribution in [2.75, 3.05) is 7.11 Å². The highest BCUT2D eigenvalue weighted by molar-refractivity contribution is 7.98. The molecule has 5 aromatic rings. The second-order valence-corrected chi connectivity index (χ2v) is 7.43. The first-order chi connectivity index (χ1) is 15.3. The number of hydrogen-bond donors (Lipinski definition) is 0. The number of ether oxygens (including phenoxy) is 1. The molecule has 0 aliphatic rings. The summed E-state index contributed by atoms with van der Waals surface area (Å²) in [7, 11) is 1.62. The molecule has 0 atom stereocenters. The Hall–Kier alpha value is -3.85. The molecule has 0 bridgehead atoms. The highest BCUT2D eigenvalue weighted by Crippen LogP contribution is 2.30. The molecule has 5 rings (SSSR count). The molecule has 2 aromatic carbocycles. The number of rotatable bonds is 7. The van der Waals surface area contributed by atoms with Crippen molar-refractivity contribution in [3.63, 3.8) is 0 Å². The first-order valence-electron chi connectivity index (χ1n) is 9.46. The molecule has 0 saturated heterocycles. The van der Waals surface area contributed by atoms with Crippen LogP contribution in [0.15, 0.2) is 87.1 Å². The van der Waals surface area contributed by atoms with Gasteiger partial charge in [0.2, 0.25) is 17.5 Å². The van der Waals surface area contributed by atoms with E-state index in [1.54, 1.807) is 13.4 Å². The van der Waals surface area contributed by atoms with Crippen molar-refractivity contribution < 1.29 is 13.7 Å². The highest BCUT2D eigenvalue weighted by Gasteiger charge is 2.19. The van der Waals surface area contributed by atoms with Crippen LogP contribution in [0.5, 0.6) is 5.75 Å². The molecule has 0 aliphatic heterocycles. The Kier molecular flexibility index (Phi) is 5.24. The fourth-order valence-electron chi connectivity index (χ4n) is 3.06. The van der Waals surface area contributed by atoms with Crippen LogP contribution in [-0.4, -0.2) is 32.0 Å². The fourth-order valence-corrected chi connectivity index (χ4v) is 3.85. The topological polar surface area (TPSA) is 92.0 Å². The molecule has 9 heteroatoms. The third-order valence-corrected chi connectivity index (χ3v) is 5.42. The fraction of sp³-hybridized carbons (Fsp3) is 0.0909. The molecule has 0 aliphatic carbocycles. The molecule has 0 N–H and O–H groups in total. The smallest absolute Gasteiger partial charge is 0.237 e. The summed E-state index contributed by atoms with van der Waals surface area (Å²) in [5.74, 6) is 3.45. The molecular formula is C22H17N5O3S. The Balaban J connectivity index is 1.41. The number of para-hydroxylation sites is 1. The summed E-state index contributed by atoms with van der Waals surface area (Å²) in [5.41, 5.74) is 1.76. The van der Waals surface area contributed by atoms with Crippen LogP contribution in [0.25, 0.3) is 28.7 Å². The largest absolute Gasteiger partial charge is 0.497 e. The quantitative estimate of drug-likeness (QED) is 0.337. The third kappa shape index (κ3) is 3.95. The van der Waals surface area contributed by atoms with Crippen molar-refractivity contribution in [3.05, 3.63) is 78.9 Å². The van der Waals surface area contributed by atoms with E-state index < -0.39 is 0 Å². The Morgan fingerprint density at radius 2 is 1.90 bits per heavy atom. The van der Waals surface area contributed by atoms with Gasteiger partial charge in [0.15, 0.2) is 10.9 Å². The van der Waals surface area contributed by atoms with Crippen LogP contribution in [0.2, 0.25) is 0 Å². The van der Waals surface area contributed by atoms with Crippen molar-refractivity contribution in [3.8, 4) is 34.4 Å². The maximum Gasteiger partial charge on any atom is 0.237 e. The molecule has 31 heavy (non-hydrogen) atoms. The first-order valence-corrected chi connectivity index (χ1v) is 10.4. The number of methoxy groups -OCH3 is 1. The Morgan fingerprint density at radius 3 is 2.71 bits per heavy atom. The summed E-state index contributed by atoms with van der Waals surface area (Å²) in [6.45, 7) is 0. The van der Waals surface area contributed by atoms with E-state index in [0.717, 1.165) is 17.0 Å². The number of furan rings is 1. The maximum atomic E-state index is 5.55. The molecule has 154 valence electrons. The van der Waals surface area contributed by atoms with Gasteiger partial charge in [0, 0.05) is 11.3 Å². The van der Waals surface area contributed by atoms with Gasteiger partial charge in [0.1, 0.15) is 5.75 Å². The number of thioether (sulfide) groups is 1. The second kappa shape index (κ2) is 8.49. The summed E-state index contributed by atoms with van der Waals surface area (Å²) < 4.78 is 18.2. The van der Waals surface area contributed by atoms with Gasteiger partial charge in [-0.2, -0.15) is 4.98 Å².